The molecule has 0 atom stereocenters. The number of nitrogens with zero attached hydrogens (tertiary/aromatic N) is 2. The van der Waals surface area contributed by atoms with Crippen molar-refractivity contribution in [3.05, 3.63) is 100 Å². The number of benzene rings is 3. The molecule has 3 aromatic carbocycles. The number of ether oxygens (including phenoxy) is 2. The number of nitrogens with two attached hydrogens (primary N) is 2. The average molecular weight is 666 g/mol. The summed E-state index contributed by atoms with van der Waals surface area (Å²) in [6, 6.07) is 21.1. The van der Waals surface area contributed by atoms with Gasteiger partial charge in [-0.25, -0.2) is 10.6 Å². The van der Waals surface area contributed by atoms with Gasteiger partial charge in [-0.15, -0.1) is 0 Å². The molecule has 49 heavy (non-hydrogen) atoms. The molecule has 0 aliphatic carbocycles. The Hall–Kier alpha value is -4.27. The maximum atomic E-state index is 13.1. The van der Waals surface area contributed by atoms with Crippen LogP contribution < -0.4 is 16.3 Å². The van der Waals surface area contributed by atoms with E-state index in [0.29, 0.717) is 47.9 Å². The number of carbonyl (C=O) groups is 1. The van der Waals surface area contributed by atoms with Gasteiger partial charge in [0.25, 0.3) is 0 Å². The summed E-state index contributed by atoms with van der Waals surface area (Å²) >= 11 is 0. The fraction of sp³-hybridized carbons (Fsp3) is 0.439. The minimum atomic E-state index is -0.413. The van der Waals surface area contributed by atoms with Gasteiger partial charge in [0.15, 0.2) is 0 Å². The fourth-order valence-electron chi connectivity index (χ4n) is 6.56. The maximum absolute atomic E-state index is 13.1. The number of piperidine rings is 1. The summed E-state index contributed by atoms with van der Waals surface area (Å²) in [5, 5.41) is 2.56. The van der Waals surface area contributed by atoms with E-state index in [-0.39, 0.29) is 5.92 Å². The Balaban J connectivity index is 1.20. The van der Waals surface area contributed by atoms with Gasteiger partial charge in [0.1, 0.15) is 17.2 Å². The molecule has 1 saturated heterocycles. The quantitative estimate of drug-likeness (QED) is 0.0745. The molecule has 1 aliphatic rings. The van der Waals surface area contributed by atoms with Crippen molar-refractivity contribution < 1.29 is 14.3 Å². The average Bonchev–Trinajstić information content (AvgIpc) is 3.44. The second kappa shape index (κ2) is 16.0. The van der Waals surface area contributed by atoms with E-state index < -0.39 is 5.97 Å². The Morgan fingerprint density at radius 3 is 2.45 bits per heavy atom. The van der Waals surface area contributed by atoms with Crippen LogP contribution in [0.3, 0.4) is 0 Å². The lowest BCUT2D eigenvalue weighted by Gasteiger charge is -2.33. The van der Waals surface area contributed by atoms with E-state index >= 15 is 0 Å². The highest BCUT2D eigenvalue weighted by molar-refractivity contribution is 6.04. The molecular weight excluding hydrogens is 610 g/mol. The first-order valence-corrected chi connectivity index (χ1v) is 17.8. The van der Waals surface area contributed by atoms with Gasteiger partial charge in [-0.3, -0.25) is 4.90 Å². The largest absolute Gasteiger partial charge is 0.461 e. The number of aromatic nitrogens is 1. The van der Waals surface area contributed by atoms with E-state index in [4.69, 9.17) is 21.1 Å². The van der Waals surface area contributed by atoms with Crippen molar-refractivity contribution in [3.8, 4) is 11.5 Å². The van der Waals surface area contributed by atoms with Crippen molar-refractivity contribution >= 4 is 22.6 Å². The Morgan fingerprint density at radius 1 is 1.00 bits per heavy atom. The van der Waals surface area contributed by atoms with Crippen molar-refractivity contribution in [1.29, 1.82) is 0 Å². The van der Waals surface area contributed by atoms with Crippen molar-refractivity contribution in [2.75, 3.05) is 26.2 Å². The second-order valence-corrected chi connectivity index (χ2v) is 14.8. The van der Waals surface area contributed by atoms with E-state index in [1.807, 2.05) is 45.0 Å². The van der Waals surface area contributed by atoms with Crippen LogP contribution in [0.4, 0.5) is 0 Å². The van der Waals surface area contributed by atoms with Crippen LogP contribution in [0, 0.1) is 18.8 Å². The standard InChI is InChI=1S/C41H55N5O3/c1-26(2)25-48-41(47)40-39(35-19-29(7)11-13-37(35)44-40)36(42)24-46(43)23-30-15-17-45(18-16-30)22-31-12-14-38(34(20-31)28(5)6)49-33-10-8-9-32(21-33)27(3)4/h8-14,19-21,24,26-28,30,44H,15-18,22-23,25,42-43H2,1-7H3/b36-24-. The number of fused-ring (bicyclic) bond motifs is 1. The molecule has 0 radical (unpaired) electrons. The van der Waals surface area contributed by atoms with E-state index in [1.54, 1.807) is 11.2 Å². The van der Waals surface area contributed by atoms with Crippen LogP contribution in [0.2, 0.25) is 0 Å². The third kappa shape index (κ3) is 9.25. The third-order valence-electron chi connectivity index (χ3n) is 9.33. The second-order valence-electron chi connectivity index (χ2n) is 14.8. The molecule has 0 saturated carbocycles. The summed E-state index contributed by atoms with van der Waals surface area (Å²) in [4.78, 5) is 18.8. The lowest BCUT2D eigenvalue weighted by Crippen LogP contribution is -2.39. The Morgan fingerprint density at radius 2 is 1.76 bits per heavy atom. The number of aryl methyl sites for hydroxylation is 1. The number of rotatable bonds is 13. The van der Waals surface area contributed by atoms with Crippen LogP contribution in [-0.2, 0) is 11.3 Å². The zero-order valence-electron chi connectivity index (χ0n) is 30.4. The number of nitrogens with one attached hydrogen (secondary N) is 1. The van der Waals surface area contributed by atoms with Crippen LogP contribution in [0.1, 0.15) is 105 Å². The molecule has 0 unspecified atom stereocenters. The minimum Gasteiger partial charge on any atom is -0.461 e. The molecule has 1 fully saturated rings. The molecule has 2 heterocycles. The molecule has 5 N–H and O–H groups in total. The van der Waals surface area contributed by atoms with E-state index in [2.05, 4.69) is 74.0 Å². The molecule has 0 bridgehead atoms. The monoisotopic (exact) mass is 665 g/mol. The molecule has 262 valence electrons. The Labute approximate surface area is 292 Å². The van der Waals surface area contributed by atoms with Crippen molar-refractivity contribution in [1.82, 2.24) is 14.9 Å². The van der Waals surface area contributed by atoms with E-state index in [9.17, 15) is 4.79 Å². The summed E-state index contributed by atoms with van der Waals surface area (Å²) < 4.78 is 12.0. The number of likely N-dealkylation sites (tertiary alicyclic amines) is 1. The number of esters is 1. The molecule has 1 aliphatic heterocycles. The van der Waals surface area contributed by atoms with Gasteiger partial charge < -0.3 is 25.2 Å². The number of H-pyrrole nitrogens is 1. The van der Waals surface area contributed by atoms with Gasteiger partial charge in [0.2, 0.25) is 0 Å². The summed E-state index contributed by atoms with van der Waals surface area (Å²) in [5.41, 5.74) is 13.8. The predicted molar refractivity (Wildman–Crippen MR) is 200 cm³/mol. The first-order chi connectivity index (χ1) is 23.4. The van der Waals surface area contributed by atoms with Gasteiger partial charge in [-0.2, -0.15) is 0 Å². The van der Waals surface area contributed by atoms with Gasteiger partial charge in [-0.1, -0.05) is 77.4 Å². The lowest BCUT2D eigenvalue weighted by atomic mass is 9.95. The molecule has 4 aromatic rings. The number of aromatic amines is 1. The predicted octanol–water partition coefficient (Wildman–Crippen LogP) is 8.67. The van der Waals surface area contributed by atoms with Crippen LogP contribution in [-0.4, -0.2) is 47.1 Å². The first kappa shape index (κ1) is 36.0. The summed E-state index contributed by atoms with van der Waals surface area (Å²) in [7, 11) is 0. The third-order valence-corrected chi connectivity index (χ3v) is 9.33. The van der Waals surface area contributed by atoms with Crippen LogP contribution in [0.25, 0.3) is 16.6 Å². The number of hydrogen-bond acceptors (Lipinski definition) is 7. The molecule has 5 rings (SSSR count). The van der Waals surface area contributed by atoms with Crippen LogP contribution >= 0.6 is 0 Å². The topological polar surface area (TPSA) is 110 Å². The van der Waals surface area contributed by atoms with Gasteiger partial charge in [-0.05, 0) is 104 Å². The van der Waals surface area contributed by atoms with Crippen LogP contribution in [0.15, 0.2) is 66.9 Å². The summed E-state index contributed by atoms with van der Waals surface area (Å²) in [6.45, 7) is 18.8. The zero-order chi connectivity index (χ0) is 35.2. The fourth-order valence-corrected chi connectivity index (χ4v) is 6.56. The Bertz CT molecular complexity index is 1760. The SMILES string of the molecule is Cc1ccc2[nH]c(C(=O)OCC(C)C)c(/C(N)=C/N(N)CC3CCN(Cc4ccc(Oc5cccc(C(C)C)c5)c(C(C)C)c4)CC3)c2c1. The number of hydrazine groups is 1. The van der Waals surface area contributed by atoms with Crippen LogP contribution in [0.5, 0.6) is 11.5 Å². The number of carbonyl (C=O) groups excluding carboxylic acids is 1. The van der Waals surface area contributed by atoms with Gasteiger partial charge in [0, 0.05) is 35.8 Å². The summed E-state index contributed by atoms with van der Waals surface area (Å²) in [5.74, 6) is 9.40. The van der Waals surface area contributed by atoms with Gasteiger partial charge in [0.05, 0.1) is 12.3 Å². The molecule has 8 nitrogen and oxygen atoms in total. The summed E-state index contributed by atoms with van der Waals surface area (Å²) in [6.07, 6.45) is 3.85. The minimum absolute atomic E-state index is 0.230. The Kier molecular flexibility index (Phi) is 11.7. The highest BCUT2D eigenvalue weighted by atomic mass is 16.5. The highest BCUT2D eigenvalue weighted by Gasteiger charge is 2.24. The highest BCUT2D eigenvalue weighted by Crippen LogP contribution is 2.34. The molecule has 1 aromatic heterocycles. The number of hydrogen-bond donors (Lipinski definition) is 3. The molecule has 0 spiro atoms. The first-order valence-electron chi connectivity index (χ1n) is 17.8. The smallest absolute Gasteiger partial charge is 0.355 e. The van der Waals surface area contributed by atoms with Crippen molar-refractivity contribution in [2.24, 2.45) is 23.4 Å². The lowest BCUT2D eigenvalue weighted by molar-refractivity contribution is 0.0452. The maximum Gasteiger partial charge on any atom is 0.355 e. The van der Waals surface area contributed by atoms with E-state index in [1.165, 1.54) is 16.7 Å². The molecular formula is C41H55N5O3. The molecule has 0 amide bonds. The van der Waals surface area contributed by atoms with Crippen molar-refractivity contribution in [3.63, 3.8) is 0 Å². The zero-order valence-corrected chi connectivity index (χ0v) is 30.4. The van der Waals surface area contributed by atoms with Gasteiger partial charge >= 0.3 is 5.97 Å². The molecule has 8 heteroatoms. The normalized spacial score (nSPS) is 14.7. The van der Waals surface area contributed by atoms with E-state index in [0.717, 1.165) is 60.4 Å². The van der Waals surface area contributed by atoms with Crippen molar-refractivity contribution in [2.45, 2.75) is 79.7 Å².